The van der Waals surface area contributed by atoms with Crippen LogP contribution in [0.1, 0.15) is 16.7 Å². The van der Waals surface area contributed by atoms with Crippen LogP contribution in [0.15, 0.2) is 91.0 Å². The van der Waals surface area contributed by atoms with E-state index in [2.05, 4.69) is 10.6 Å². The number of hydrogen-bond donors (Lipinski definition) is 2. The molecule has 0 aliphatic carbocycles. The topological polar surface area (TPSA) is 84.5 Å². The lowest BCUT2D eigenvalue weighted by Gasteiger charge is -2.21. The van der Waals surface area contributed by atoms with Gasteiger partial charge in [-0.3, -0.25) is 9.59 Å². The maximum atomic E-state index is 13.0. The second kappa shape index (κ2) is 12.1. The molecule has 2 amide bonds. The van der Waals surface area contributed by atoms with Crippen molar-refractivity contribution in [1.82, 2.24) is 10.6 Å². The zero-order valence-electron chi connectivity index (χ0n) is 17.6. The third kappa shape index (κ3) is 7.40. The van der Waals surface area contributed by atoms with Gasteiger partial charge in [-0.05, 0) is 16.7 Å². The average Bonchev–Trinajstić information content (AvgIpc) is 2.84. The first kappa shape index (κ1) is 22.7. The lowest BCUT2D eigenvalue weighted by molar-refractivity contribution is -0.123. The van der Waals surface area contributed by atoms with Gasteiger partial charge in [-0.25, -0.2) is 4.79 Å². The molecule has 3 aromatic rings. The summed E-state index contributed by atoms with van der Waals surface area (Å²) in [5.41, 5.74) is 2.60. The molecule has 0 spiro atoms. The van der Waals surface area contributed by atoms with E-state index in [1.54, 1.807) is 0 Å². The van der Waals surface area contributed by atoms with E-state index in [-0.39, 0.29) is 13.0 Å². The van der Waals surface area contributed by atoms with Crippen LogP contribution in [0, 0.1) is 0 Å². The van der Waals surface area contributed by atoms with Crippen molar-refractivity contribution in [2.75, 3.05) is 0 Å². The number of nitrogens with one attached hydrogen (secondary N) is 2. The minimum atomic E-state index is -0.910. The largest absolute Gasteiger partial charge is 0.445 e. The molecular weight excluding hydrogens is 404 g/mol. The Morgan fingerprint density at radius 3 is 1.75 bits per heavy atom. The predicted octanol–water partition coefficient (Wildman–Crippen LogP) is 3.36. The minimum absolute atomic E-state index is 0.0884. The van der Waals surface area contributed by atoms with Crippen molar-refractivity contribution in [3.05, 3.63) is 108 Å². The Labute approximate surface area is 187 Å². The fraction of sp³-hybridized carbons (Fsp3) is 0.192. The molecule has 3 aromatic carbocycles. The van der Waals surface area contributed by atoms with Gasteiger partial charge >= 0.3 is 6.09 Å². The van der Waals surface area contributed by atoms with E-state index in [9.17, 15) is 14.4 Å². The van der Waals surface area contributed by atoms with Crippen molar-refractivity contribution >= 4 is 18.3 Å². The van der Waals surface area contributed by atoms with Crippen molar-refractivity contribution < 1.29 is 19.1 Å². The van der Waals surface area contributed by atoms with Crippen LogP contribution in [0.4, 0.5) is 4.79 Å². The van der Waals surface area contributed by atoms with E-state index in [4.69, 9.17) is 4.74 Å². The molecule has 6 nitrogen and oxygen atoms in total. The zero-order chi connectivity index (χ0) is 22.6. The summed E-state index contributed by atoms with van der Waals surface area (Å²) in [6.45, 7) is 0.0884. The Morgan fingerprint density at radius 2 is 1.22 bits per heavy atom. The number of carbonyl (C=O) groups is 2. The second-order valence-electron chi connectivity index (χ2n) is 7.32. The molecule has 0 bridgehead atoms. The summed E-state index contributed by atoms with van der Waals surface area (Å²) in [6.07, 6.45) is 1.73. The summed E-state index contributed by atoms with van der Waals surface area (Å²) < 4.78 is 5.27. The van der Waals surface area contributed by atoms with Gasteiger partial charge in [-0.1, -0.05) is 91.0 Å². The summed E-state index contributed by atoms with van der Waals surface area (Å²) >= 11 is 0. The molecule has 0 aliphatic heterocycles. The Kier molecular flexibility index (Phi) is 8.57. The number of amides is 2. The summed E-state index contributed by atoms with van der Waals surface area (Å²) in [6, 6.07) is 26.2. The summed E-state index contributed by atoms with van der Waals surface area (Å²) in [7, 11) is 0. The van der Waals surface area contributed by atoms with Crippen LogP contribution in [0.5, 0.6) is 0 Å². The van der Waals surface area contributed by atoms with Crippen molar-refractivity contribution in [3.63, 3.8) is 0 Å². The van der Waals surface area contributed by atoms with Crippen molar-refractivity contribution in [1.29, 1.82) is 0 Å². The first-order valence-electron chi connectivity index (χ1n) is 10.4. The third-order valence-electron chi connectivity index (χ3n) is 4.85. The molecule has 163 valence electrons. The molecule has 3 rings (SSSR count). The highest BCUT2D eigenvalue weighted by atomic mass is 16.5. The maximum absolute atomic E-state index is 13.0. The monoisotopic (exact) mass is 429 g/mol. The van der Waals surface area contributed by atoms with Gasteiger partial charge in [0, 0.05) is 12.8 Å². The maximum Gasteiger partial charge on any atom is 0.408 e. The molecule has 0 saturated heterocycles. The van der Waals surface area contributed by atoms with E-state index < -0.39 is 24.1 Å². The van der Waals surface area contributed by atoms with Gasteiger partial charge < -0.3 is 15.4 Å². The first-order chi connectivity index (χ1) is 15.6. The van der Waals surface area contributed by atoms with Crippen LogP contribution in [0.2, 0.25) is 0 Å². The van der Waals surface area contributed by atoms with E-state index in [0.717, 1.165) is 16.7 Å². The number of alkyl carbamates (subject to hydrolysis) is 1. The van der Waals surface area contributed by atoms with Crippen LogP contribution < -0.4 is 10.6 Å². The molecule has 1 radical (unpaired) electrons. The molecule has 0 aromatic heterocycles. The predicted molar refractivity (Wildman–Crippen MR) is 121 cm³/mol. The van der Waals surface area contributed by atoms with Gasteiger partial charge in [0.25, 0.3) is 0 Å². The van der Waals surface area contributed by atoms with Crippen molar-refractivity contribution in [2.45, 2.75) is 31.5 Å². The average molecular weight is 429 g/mol. The number of carbonyl (C=O) groups excluding carboxylic acids is 3. The molecule has 2 atom stereocenters. The van der Waals surface area contributed by atoms with Crippen LogP contribution >= 0.6 is 0 Å². The quantitative estimate of drug-likeness (QED) is 0.518. The highest BCUT2D eigenvalue weighted by molar-refractivity contribution is 5.88. The molecule has 32 heavy (non-hydrogen) atoms. The molecule has 0 heterocycles. The number of benzene rings is 3. The summed E-state index contributed by atoms with van der Waals surface area (Å²) in [4.78, 5) is 36.8. The molecule has 2 N–H and O–H groups in total. The molecule has 0 unspecified atom stereocenters. The minimum Gasteiger partial charge on any atom is -0.445 e. The van der Waals surface area contributed by atoms with Gasteiger partial charge in [0.2, 0.25) is 12.2 Å². The Hall–Kier alpha value is -3.93. The highest BCUT2D eigenvalue weighted by Crippen LogP contribution is 2.07. The van der Waals surface area contributed by atoms with Crippen molar-refractivity contribution in [2.24, 2.45) is 0 Å². The fourth-order valence-corrected chi connectivity index (χ4v) is 3.21. The van der Waals surface area contributed by atoms with Gasteiger partial charge in [0.15, 0.2) is 0 Å². The summed E-state index contributed by atoms with van der Waals surface area (Å²) in [5, 5.41) is 5.31. The van der Waals surface area contributed by atoms with E-state index in [0.29, 0.717) is 6.42 Å². The molecule has 0 saturated carbocycles. The molecular formula is C26H25N2O4. The van der Waals surface area contributed by atoms with E-state index in [1.165, 1.54) is 0 Å². The van der Waals surface area contributed by atoms with Crippen LogP contribution in [-0.2, 0) is 33.8 Å². The zero-order valence-corrected chi connectivity index (χ0v) is 17.6. The van der Waals surface area contributed by atoms with Gasteiger partial charge in [0.1, 0.15) is 12.6 Å². The normalized spacial score (nSPS) is 12.2. The molecule has 0 aliphatic rings. The molecule has 0 fully saturated rings. The SMILES string of the molecule is O=[C][C@H](Cc1ccccc1)NC(=O)[C@H](Cc1ccccc1)NC(=O)OCc1ccccc1. The van der Waals surface area contributed by atoms with Crippen LogP contribution in [0.25, 0.3) is 0 Å². The fourth-order valence-electron chi connectivity index (χ4n) is 3.21. The standard InChI is InChI=1S/C26H25N2O4/c29-18-23(16-20-10-4-1-5-11-20)27-25(30)24(17-21-12-6-2-7-13-21)28-26(31)32-19-22-14-8-3-9-15-22/h1-15,23-24H,16-17,19H2,(H,27,30)(H,28,31)/t23-,24-/m0/s1. The van der Waals surface area contributed by atoms with E-state index >= 15 is 0 Å². The number of rotatable bonds is 10. The third-order valence-corrected chi connectivity index (χ3v) is 4.85. The van der Waals surface area contributed by atoms with E-state index in [1.807, 2.05) is 97.3 Å². The first-order valence-corrected chi connectivity index (χ1v) is 10.4. The van der Waals surface area contributed by atoms with Crippen LogP contribution in [0.3, 0.4) is 0 Å². The lowest BCUT2D eigenvalue weighted by atomic mass is 10.0. The molecule has 6 heteroatoms. The van der Waals surface area contributed by atoms with Gasteiger partial charge in [-0.2, -0.15) is 0 Å². The number of ether oxygens (including phenoxy) is 1. The highest BCUT2D eigenvalue weighted by Gasteiger charge is 2.24. The smallest absolute Gasteiger partial charge is 0.408 e. The van der Waals surface area contributed by atoms with Crippen molar-refractivity contribution in [3.8, 4) is 0 Å². The number of hydrogen-bond acceptors (Lipinski definition) is 4. The van der Waals surface area contributed by atoms with Crippen LogP contribution in [-0.4, -0.2) is 30.4 Å². The van der Waals surface area contributed by atoms with Gasteiger partial charge in [0.05, 0.1) is 6.04 Å². The Bertz CT molecular complexity index is 994. The van der Waals surface area contributed by atoms with Gasteiger partial charge in [-0.15, -0.1) is 0 Å². The lowest BCUT2D eigenvalue weighted by Crippen LogP contribution is -2.51. The summed E-state index contributed by atoms with van der Waals surface area (Å²) in [5.74, 6) is -0.477. The second-order valence-corrected chi connectivity index (χ2v) is 7.32. The Balaban J connectivity index is 1.64. The Morgan fingerprint density at radius 1 is 0.719 bits per heavy atom.